The highest BCUT2D eigenvalue weighted by Crippen LogP contribution is 2.34. The molecule has 2 aliphatic heterocycles. The minimum absolute atomic E-state index is 0.538. The van der Waals surface area contributed by atoms with Crippen molar-refractivity contribution in [3.8, 4) is 0 Å². The number of hydrogen-bond donors (Lipinski definition) is 1. The summed E-state index contributed by atoms with van der Waals surface area (Å²) in [4.78, 5) is 5.95. The molecule has 2 nitrogen and oxygen atoms in total. The molecule has 3 atom stereocenters. The molecule has 3 aliphatic rings. The van der Waals surface area contributed by atoms with Crippen LogP contribution in [0, 0.1) is 0 Å². The lowest BCUT2D eigenvalue weighted by Crippen LogP contribution is -2.40. The van der Waals surface area contributed by atoms with Crippen LogP contribution in [-0.4, -0.2) is 30.1 Å². The Morgan fingerprint density at radius 3 is 3.00 bits per heavy atom. The standard InChI is InChI=1S/C17H26N2S/c1-12(17-11-13-5-2-3-7-16(13)20-17)18-14-8-10-19-9-4-6-15(14)19/h11-12,14-15,18H,2-10H2,1H3. The summed E-state index contributed by atoms with van der Waals surface area (Å²) in [5.74, 6) is 0. The lowest BCUT2D eigenvalue weighted by molar-refractivity contribution is 0.292. The van der Waals surface area contributed by atoms with E-state index in [-0.39, 0.29) is 0 Å². The van der Waals surface area contributed by atoms with Crippen LogP contribution in [0.15, 0.2) is 6.07 Å². The lowest BCUT2D eigenvalue weighted by Gasteiger charge is -2.24. The Balaban J connectivity index is 1.44. The number of rotatable bonds is 3. The van der Waals surface area contributed by atoms with E-state index in [2.05, 4.69) is 34.5 Å². The van der Waals surface area contributed by atoms with Gasteiger partial charge < -0.3 is 5.32 Å². The molecule has 4 rings (SSSR count). The number of nitrogens with one attached hydrogen (secondary N) is 1. The highest BCUT2D eigenvalue weighted by molar-refractivity contribution is 7.12. The van der Waals surface area contributed by atoms with E-state index in [1.165, 1.54) is 58.0 Å². The third-order valence-electron chi connectivity index (χ3n) is 5.51. The van der Waals surface area contributed by atoms with Crippen molar-refractivity contribution in [2.75, 3.05) is 13.1 Å². The van der Waals surface area contributed by atoms with Gasteiger partial charge in [-0.25, -0.2) is 0 Å². The first kappa shape index (κ1) is 13.3. The fourth-order valence-corrected chi connectivity index (χ4v) is 5.68. The fourth-order valence-electron chi connectivity index (χ4n) is 4.41. The van der Waals surface area contributed by atoms with Crippen molar-refractivity contribution < 1.29 is 0 Å². The molecule has 3 unspecified atom stereocenters. The molecule has 20 heavy (non-hydrogen) atoms. The van der Waals surface area contributed by atoms with Gasteiger partial charge in [0.2, 0.25) is 0 Å². The molecule has 0 aromatic carbocycles. The quantitative estimate of drug-likeness (QED) is 0.916. The molecule has 0 saturated carbocycles. The van der Waals surface area contributed by atoms with Gasteiger partial charge in [0.25, 0.3) is 0 Å². The van der Waals surface area contributed by atoms with Crippen LogP contribution in [0.25, 0.3) is 0 Å². The second-order valence-electron chi connectivity index (χ2n) is 6.83. The Bertz CT molecular complexity index is 458. The molecule has 1 aromatic heterocycles. The molecule has 1 aromatic rings. The number of hydrogen-bond acceptors (Lipinski definition) is 3. The normalized spacial score (nSPS) is 31.2. The van der Waals surface area contributed by atoms with Gasteiger partial charge in [0.1, 0.15) is 0 Å². The molecule has 0 spiro atoms. The molecule has 3 heterocycles. The average molecular weight is 290 g/mol. The summed E-state index contributed by atoms with van der Waals surface area (Å²) < 4.78 is 0. The summed E-state index contributed by atoms with van der Waals surface area (Å²) in [6.07, 6.45) is 9.60. The van der Waals surface area contributed by atoms with E-state index in [4.69, 9.17) is 0 Å². The molecule has 3 heteroatoms. The Morgan fingerprint density at radius 2 is 2.10 bits per heavy atom. The van der Waals surface area contributed by atoms with Gasteiger partial charge in [0.15, 0.2) is 0 Å². The topological polar surface area (TPSA) is 15.3 Å². The predicted octanol–water partition coefficient (Wildman–Crippen LogP) is 3.51. The highest BCUT2D eigenvalue weighted by Gasteiger charge is 2.37. The SMILES string of the molecule is CC(NC1CCN2CCCC12)c1cc2c(s1)CCCC2. The first-order valence-corrected chi connectivity index (χ1v) is 9.24. The fraction of sp³-hybridized carbons (Fsp3) is 0.765. The smallest absolute Gasteiger partial charge is 0.0389 e. The summed E-state index contributed by atoms with van der Waals surface area (Å²) in [5, 5.41) is 3.94. The van der Waals surface area contributed by atoms with Gasteiger partial charge in [-0.3, -0.25) is 4.90 Å². The Hall–Kier alpha value is -0.380. The Morgan fingerprint density at radius 1 is 1.20 bits per heavy atom. The zero-order valence-corrected chi connectivity index (χ0v) is 13.3. The average Bonchev–Trinajstić information content (AvgIpc) is 3.13. The molecular weight excluding hydrogens is 264 g/mol. The van der Waals surface area contributed by atoms with Gasteiger partial charge in [-0.05, 0) is 70.0 Å². The highest BCUT2D eigenvalue weighted by atomic mass is 32.1. The van der Waals surface area contributed by atoms with Crippen molar-refractivity contribution in [1.82, 2.24) is 10.2 Å². The van der Waals surface area contributed by atoms with Crippen LogP contribution in [0.2, 0.25) is 0 Å². The lowest BCUT2D eigenvalue weighted by atomic mass is 9.98. The van der Waals surface area contributed by atoms with Crippen LogP contribution in [0.5, 0.6) is 0 Å². The molecule has 2 saturated heterocycles. The number of nitrogens with zero attached hydrogens (tertiary/aromatic N) is 1. The maximum Gasteiger partial charge on any atom is 0.0389 e. The third-order valence-corrected chi connectivity index (χ3v) is 6.93. The maximum absolute atomic E-state index is 3.94. The van der Waals surface area contributed by atoms with E-state index < -0.39 is 0 Å². The zero-order chi connectivity index (χ0) is 13.5. The predicted molar refractivity (Wildman–Crippen MR) is 85.5 cm³/mol. The largest absolute Gasteiger partial charge is 0.305 e. The summed E-state index contributed by atoms with van der Waals surface area (Å²) >= 11 is 2.08. The van der Waals surface area contributed by atoms with E-state index >= 15 is 0 Å². The third kappa shape index (κ3) is 2.34. The number of thiophene rings is 1. The second kappa shape index (κ2) is 5.43. The van der Waals surface area contributed by atoms with Crippen LogP contribution < -0.4 is 5.32 Å². The van der Waals surface area contributed by atoms with Crippen LogP contribution in [0.3, 0.4) is 0 Å². The van der Waals surface area contributed by atoms with Crippen molar-refractivity contribution in [2.45, 2.75) is 70.0 Å². The van der Waals surface area contributed by atoms with E-state index in [1.54, 1.807) is 15.3 Å². The van der Waals surface area contributed by atoms with Gasteiger partial charge in [-0.2, -0.15) is 0 Å². The molecule has 1 N–H and O–H groups in total. The summed E-state index contributed by atoms with van der Waals surface area (Å²) in [7, 11) is 0. The van der Waals surface area contributed by atoms with E-state index in [0.29, 0.717) is 6.04 Å². The van der Waals surface area contributed by atoms with Crippen molar-refractivity contribution in [2.24, 2.45) is 0 Å². The van der Waals surface area contributed by atoms with Crippen LogP contribution in [-0.2, 0) is 12.8 Å². The monoisotopic (exact) mass is 290 g/mol. The van der Waals surface area contributed by atoms with Crippen LogP contribution in [0.1, 0.15) is 60.4 Å². The Kier molecular flexibility index (Phi) is 3.61. The van der Waals surface area contributed by atoms with Crippen LogP contribution in [0.4, 0.5) is 0 Å². The number of aryl methyl sites for hydroxylation is 2. The zero-order valence-electron chi connectivity index (χ0n) is 12.5. The van der Waals surface area contributed by atoms with Gasteiger partial charge >= 0.3 is 0 Å². The minimum Gasteiger partial charge on any atom is -0.305 e. The van der Waals surface area contributed by atoms with Crippen molar-refractivity contribution >= 4 is 11.3 Å². The maximum atomic E-state index is 3.94. The molecule has 0 bridgehead atoms. The van der Waals surface area contributed by atoms with Crippen LogP contribution >= 0.6 is 11.3 Å². The van der Waals surface area contributed by atoms with Crippen molar-refractivity contribution in [3.63, 3.8) is 0 Å². The molecule has 2 fully saturated rings. The molecule has 110 valence electrons. The number of fused-ring (bicyclic) bond motifs is 2. The minimum atomic E-state index is 0.538. The second-order valence-corrected chi connectivity index (χ2v) is 8.00. The first-order chi connectivity index (χ1) is 9.81. The van der Waals surface area contributed by atoms with Gasteiger partial charge in [0, 0.05) is 34.4 Å². The van der Waals surface area contributed by atoms with E-state index in [9.17, 15) is 0 Å². The molecule has 0 radical (unpaired) electrons. The van der Waals surface area contributed by atoms with E-state index in [1.807, 2.05) is 0 Å². The van der Waals surface area contributed by atoms with Gasteiger partial charge in [-0.1, -0.05) is 0 Å². The molecule has 1 aliphatic carbocycles. The molecular formula is C17H26N2S. The van der Waals surface area contributed by atoms with Crippen molar-refractivity contribution in [1.29, 1.82) is 0 Å². The van der Waals surface area contributed by atoms with Crippen molar-refractivity contribution in [3.05, 3.63) is 21.4 Å². The van der Waals surface area contributed by atoms with Gasteiger partial charge in [0.05, 0.1) is 0 Å². The van der Waals surface area contributed by atoms with E-state index in [0.717, 1.165) is 12.1 Å². The van der Waals surface area contributed by atoms with Gasteiger partial charge in [-0.15, -0.1) is 11.3 Å². The summed E-state index contributed by atoms with van der Waals surface area (Å²) in [5.41, 5.74) is 1.65. The Labute approximate surface area is 126 Å². The molecule has 0 amide bonds. The summed E-state index contributed by atoms with van der Waals surface area (Å²) in [6.45, 7) is 5.02. The first-order valence-electron chi connectivity index (χ1n) is 8.43. The summed E-state index contributed by atoms with van der Waals surface area (Å²) in [6, 6.07) is 4.59.